The summed E-state index contributed by atoms with van der Waals surface area (Å²) in [5.74, 6) is -2.38. The van der Waals surface area contributed by atoms with Crippen LogP contribution in [0.4, 0.5) is 23.2 Å². The largest absolute Gasteiger partial charge is 0.416 e. The van der Waals surface area contributed by atoms with Gasteiger partial charge in [0, 0.05) is 12.1 Å². The molecular formula is C30H24F4N4O3. The molecule has 2 aliphatic heterocycles. The number of rotatable bonds is 5. The highest BCUT2D eigenvalue weighted by atomic mass is 19.4. The molecule has 0 atom stereocenters. The first-order valence-electron chi connectivity index (χ1n) is 12.8. The van der Waals surface area contributed by atoms with E-state index in [9.17, 15) is 31.9 Å². The van der Waals surface area contributed by atoms with Gasteiger partial charge in [0.15, 0.2) is 5.54 Å². The first-order chi connectivity index (χ1) is 19.5. The topological polar surface area (TPSA) is 84.7 Å². The highest BCUT2D eigenvalue weighted by Crippen LogP contribution is 2.39. The van der Waals surface area contributed by atoms with Crippen LogP contribution in [0.25, 0.3) is 0 Å². The number of carbonyl (C=O) groups is 3. The van der Waals surface area contributed by atoms with Crippen molar-refractivity contribution in [2.75, 3.05) is 24.5 Å². The molecule has 2 fully saturated rings. The maximum atomic E-state index is 15.0. The van der Waals surface area contributed by atoms with Gasteiger partial charge in [0.2, 0.25) is 5.91 Å². The second kappa shape index (κ2) is 10.4. The van der Waals surface area contributed by atoms with Crippen LogP contribution in [0.5, 0.6) is 0 Å². The van der Waals surface area contributed by atoms with E-state index in [4.69, 9.17) is 5.26 Å². The van der Waals surface area contributed by atoms with Crippen molar-refractivity contribution in [2.45, 2.75) is 31.6 Å². The normalized spacial score (nSPS) is 16.5. The zero-order valence-corrected chi connectivity index (χ0v) is 21.9. The fourth-order valence-electron chi connectivity index (χ4n) is 5.35. The fourth-order valence-corrected chi connectivity index (χ4v) is 5.35. The van der Waals surface area contributed by atoms with Crippen LogP contribution in [0.2, 0.25) is 0 Å². The lowest BCUT2D eigenvalue weighted by atomic mass is 9.82. The number of hydrogen-bond acceptors (Lipinski definition) is 4. The van der Waals surface area contributed by atoms with Gasteiger partial charge in [-0.05, 0) is 53.9 Å². The summed E-state index contributed by atoms with van der Waals surface area (Å²) in [6, 6.07) is 16.7. The van der Waals surface area contributed by atoms with Crippen molar-refractivity contribution >= 4 is 23.4 Å². The number of likely N-dealkylation sites (tertiary alicyclic amines) is 1. The quantitative estimate of drug-likeness (QED) is 0.426. The minimum Gasteiger partial charge on any atom is -0.333 e. The van der Waals surface area contributed by atoms with Crippen molar-refractivity contribution in [3.63, 3.8) is 0 Å². The third-order valence-electron chi connectivity index (χ3n) is 7.56. The molecule has 5 rings (SSSR count). The predicted molar refractivity (Wildman–Crippen MR) is 140 cm³/mol. The zero-order valence-electron chi connectivity index (χ0n) is 21.9. The number of amides is 3. The highest BCUT2D eigenvalue weighted by molar-refractivity contribution is 6.11. The smallest absolute Gasteiger partial charge is 0.333 e. The number of carbonyl (C=O) groups excluding carboxylic acids is 3. The van der Waals surface area contributed by atoms with E-state index in [2.05, 4.69) is 0 Å². The fraction of sp³-hybridized carbons (Fsp3) is 0.267. The van der Waals surface area contributed by atoms with Gasteiger partial charge >= 0.3 is 6.18 Å². The Morgan fingerprint density at radius 1 is 1.02 bits per heavy atom. The highest BCUT2D eigenvalue weighted by Gasteiger charge is 2.61. The SMILES string of the molecule is CCc1ccccc1C(=O)N1CC2(C1)C(=O)N(c1ccc(C#N)cc1F)CC(=O)N2Cc1ccc(C(F)(F)F)cc1. The molecule has 0 aliphatic carbocycles. The minimum atomic E-state index is -4.54. The Morgan fingerprint density at radius 2 is 1.71 bits per heavy atom. The molecule has 2 saturated heterocycles. The monoisotopic (exact) mass is 564 g/mol. The lowest BCUT2D eigenvalue weighted by Crippen LogP contribution is -2.81. The molecule has 3 aromatic rings. The first-order valence-corrected chi connectivity index (χ1v) is 12.8. The molecule has 41 heavy (non-hydrogen) atoms. The Hall–Kier alpha value is -4.72. The van der Waals surface area contributed by atoms with Gasteiger partial charge in [-0.25, -0.2) is 4.39 Å². The van der Waals surface area contributed by atoms with Gasteiger partial charge in [0.05, 0.1) is 36.0 Å². The number of nitrogens with zero attached hydrogens (tertiary/aromatic N) is 4. The number of nitriles is 1. The minimum absolute atomic E-state index is 0.0377. The molecule has 3 amide bonds. The number of aryl methyl sites for hydroxylation is 1. The molecule has 11 heteroatoms. The van der Waals surface area contributed by atoms with E-state index in [1.165, 1.54) is 34.1 Å². The summed E-state index contributed by atoms with van der Waals surface area (Å²) in [7, 11) is 0. The second-order valence-electron chi connectivity index (χ2n) is 10.0. The molecule has 2 aliphatic rings. The molecule has 0 bridgehead atoms. The maximum Gasteiger partial charge on any atom is 0.416 e. The Balaban J connectivity index is 1.49. The molecule has 3 aromatic carbocycles. The van der Waals surface area contributed by atoms with E-state index >= 15 is 0 Å². The van der Waals surface area contributed by atoms with Crippen LogP contribution in [-0.2, 0) is 28.7 Å². The van der Waals surface area contributed by atoms with E-state index in [1.807, 2.05) is 25.1 Å². The molecule has 0 radical (unpaired) electrons. The van der Waals surface area contributed by atoms with Crippen LogP contribution in [0.1, 0.15) is 39.5 Å². The van der Waals surface area contributed by atoms with Crippen LogP contribution in [0.15, 0.2) is 66.7 Å². The molecular weight excluding hydrogens is 540 g/mol. The first kappa shape index (κ1) is 27.8. The Morgan fingerprint density at radius 3 is 2.32 bits per heavy atom. The maximum absolute atomic E-state index is 15.0. The van der Waals surface area contributed by atoms with Crippen molar-refractivity contribution in [3.8, 4) is 6.07 Å². The Bertz CT molecular complexity index is 1570. The van der Waals surface area contributed by atoms with E-state index in [0.29, 0.717) is 17.5 Å². The van der Waals surface area contributed by atoms with Crippen molar-refractivity contribution in [2.24, 2.45) is 0 Å². The Kier molecular flexibility index (Phi) is 7.03. The molecule has 0 aromatic heterocycles. The van der Waals surface area contributed by atoms with Crippen molar-refractivity contribution in [1.29, 1.82) is 5.26 Å². The summed E-state index contributed by atoms with van der Waals surface area (Å²) in [6.45, 7) is 0.854. The van der Waals surface area contributed by atoms with Gasteiger partial charge in [-0.1, -0.05) is 37.3 Å². The van der Waals surface area contributed by atoms with Gasteiger partial charge in [0.1, 0.15) is 12.4 Å². The number of piperazine rings is 1. The summed E-state index contributed by atoms with van der Waals surface area (Å²) in [4.78, 5) is 44.6. The van der Waals surface area contributed by atoms with E-state index in [1.54, 1.807) is 12.1 Å². The van der Waals surface area contributed by atoms with E-state index < -0.39 is 41.5 Å². The van der Waals surface area contributed by atoms with Gasteiger partial charge < -0.3 is 9.80 Å². The molecule has 0 unspecified atom stereocenters. The summed E-state index contributed by atoms with van der Waals surface area (Å²) < 4.78 is 54.2. The predicted octanol–water partition coefficient (Wildman–Crippen LogP) is 4.55. The standard InChI is InChI=1S/C30H24F4N4O3/c1-2-21-5-3-4-6-23(21)27(40)36-17-29(18-36)28(41)37(25-12-9-20(14-35)13-24(25)31)16-26(39)38(29)15-19-7-10-22(11-8-19)30(32,33)34/h3-13H,2,15-18H2,1H3. The molecule has 2 heterocycles. The summed E-state index contributed by atoms with van der Waals surface area (Å²) in [5.41, 5.74) is -0.925. The number of hydrogen-bond donors (Lipinski definition) is 0. The average Bonchev–Trinajstić information content (AvgIpc) is 2.93. The van der Waals surface area contributed by atoms with Crippen LogP contribution in [-0.4, -0.2) is 52.7 Å². The van der Waals surface area contributed by atoms with Gasteiger partial charge in [-0.15, -0.1) is 0 Å². The Labute approximate surface area is 233 Å². The number of anilines is 1. The molecule has 7 nitrogen and oxygen atoms in total. The lowest BCUT2D eigenvalue weighted by molar-refractivity contribution is -0.162. The third-order valence-corrected chi connectivity index (χ3v) is 7.56. The van der Waals surface area contributed by atoms with Gasteiger partial charge in [0.25, 0.3) is 11.8 Å². The number of benzene rings is 3. The number of halogens is 4. The van der Waals surface area contributed by atoms with Crippen LogP contribution in [0, 0.1) is 17.1 Å². The van der Waals surface area contributed by atoms with E-state index in [0.717, 1.165) is 28.7 Å². The van der Waals surface area contributed by atoms with E-state index in [-0.39, 0.29) is 36.8 Å². The molecule has 0 N–H and O–H groups in total. The van der Waals surface area contributed by atoms with Crippen molar-refractivity contribution in [1.82, 2.24) is 9.80 Å². The van der Waals surface area contributed by atoms with Crippen molar-refractivity contribution < 1.29 is 31.9 Å². The molecule has 210 valence electrons. The molecule has 0 saturated carbocycles. The summed E-state index contributed by atoms with van der Waals surface area (Å²) in [5, 5.41) is 9.08. The van der Waals surface area contributed by atoms with Crippen molar-refractivity contribution in [3.05, 3.63) is 100 Å². The number of alkyl halides is 3. The van der Waals surface area contributed by atoms with Gasteiger partial charge in [-0.2, -0.15) is 18.4 Å². The van der Waals surface area contributed by atoms with Crippen LogP contribution >= 0.6 is 0 Å². The third kappa shape index (κ3) is 4.90. The lowest BCUT2D eigenvalue weighted by Gasteiger charge is -2.58. The van der Waals surface area contributed by atoms with Crippen LogP contribution in [0.3, 0.4) is 0 Å². The van der Waals surface area contributed by atoms with Crippen LogP contribution < -0.4 is 4.90 Å². The van der Waals surface area contributed by atoms with Gasteiger partial charge in [-0.3, -0.25) is 19.3 Å². The summed E-state index contributed by atoms with van der Waals surface area (Å²) in [6.07, 6.45) is -3.93. The second-order valence-corrected chi connectivity index (χ2v) is 10.0. The summed E-state index contributed by atoms with van der Waals surface area (Å²) >= 11 is 0. The molecule has 1 spiro atoms. The zero-order chi connectivity index (χ0) is 29.5. The average molecular weight is 565 g/mol.